The fourth-order valence-corrected chi connectivity index (χ4v) is 2.94. The van der Waals surface area contributed by atoms with Crippen molar-refractivity contribution in [3.63, 3.8) is 0 Å². The van der Waals surface area contributed by atoms with Gasteiger partial charge in [0.1, 0.15) is 16.9 Å². The van der Waals surface area contributed by atoms with Crippen molar-refractivity contribution in [2.24, 2.45) is 5.92 Å². The van der Waals surface area contributed by atoms with E-state index in [4.69, 9.17) is 14.2 Å². The first-order chi connectivity index (χ1) is 12.8. The molecule has 1 aliphatic carbocycles. The second-order valence-corrected chi connectivity index (χ2v) is 7.04. The molecule has 6 heteroatoms. The lowest BCUT2D eigenvalue weighted by atomic mass is 9.98. The number of hydrogen-bond acceptors (Lipinski definition) is 5. The topological polar surface area (TPSA) is 73.9 Å². The summed E-state index contributed by atoms with van der Waals surface area (Å²) in [4.78, 5) is 25.2. The molecule has 1 aromatic carbocycles. The van der Waals surface area contributed by atoms with Crippen molar-refractivity contribution in [3.8, 4) is 5.75 Å². The molecular formula is C21H31NO5. The third-order valence-corrected chi connectivity index (χ3v) is 4.89. The van der Waals surface area contributed by atoms with Crippen molar-refractivity contribution in [1.82, 2.24) is 0 Å². The Balaban J connectivity index is 2.25. The molecule has 150 valence electrons. The van der Waals surface area contributed by atoms with Crippen LogP contribution in [-0.4, -0.2) is 36.8 Å². The van der Waals surface area contributed by atoms with E-state index in [2.05, 4.69) is 5.32 Å². The van der Waals surface area contributed by atoms with Crippen LogP contribution in [-0.2, 0) is 14.3 Å². The largest absolute Gasteiger partial charge is 0.490 e. The van der Waals surface area contributed by atoms with Crippen LogP contribution in [0, 0.1) is 5.92 Å². The molecule has 0 heterocycles. The zero-order chi connectivity index (χ0) is 20.0. The molecule has 0 aliphatic heterocycles. The Kier molecular flexibility index (Phi) is 7.25. The average Bonchev–Trinajstić information content (AvgIpc) is 3.48. The predicted molar refractivity (Wildman–Crippen MR) is 104 cm³/mol. The van der Waals surface area contributed by atoms with Gasteiger partial charge < -0.3 is 19.5 Å². The molecule has 1 N–H and O–H groups in total. The normalized spacial score (nSPS) is 16.9. The van der Waals surface area contributed by atoms with E-state index in [0.717, 1.165) is 19.3 Å². The van der Waals surface area contributed by atoms with Crippen molar-refractivity contribution in [1.29, 1.82) is 0 Å². The molecule has 0 saturated heterocycles. The molecule has 2 rings (SSSR count). The molecule has 2 atom stereocenters. The van der Waals surface area contributed by atoms with Crippen LogP contribution in [0.1, 0.15) is 64.2 Å². The Bertz CT molecular complexity index is 671. The highest BCUT2D eigenvalue weighted by Gasteiger charge is 2.48. The minimum atomic E-state index is -0.856. The zero-order valence-electron chi connectivity index (χ0n) is 17.0. The van der Waals surface area contributed by atoms with E-state index in [9.17, 15) is 9.59 Å². The maximum absolute atomic E-state index is 12.8. The molecule has 1 fully saturated rings. The second kappa shape index (κ2) is 9.22. The molecule has 0 aromatic heterocycles. The van der Waals surface area contributed by atoms with Crippen LogP contribution in [0.2, 0.25) is 0 Å². The van der Waals surface area contributed by atoms with Gasteiger partial charge in [0.2, 0.25) is 0 Å². The number of rotatable bonds is 10. The van der Waals surface area contributed by atoms with Gasteiger partial charge in [-0.2, -0.15) is 0 Å². The summed E-state index contributed by atoms with van der Waals surface area (Å²) in [7, 11) is 0. The van der Waals surface area contributed by atoms with Crippen LogP contribution >= 0.6 is 0 Å². The quantitative estimate of drug-likeness (QED) is 0.619. The molecule has 6 nitrogen and oxygen atoms in total. The summed E-state index contributed by atoms with van der Waals surface area (Å²) < 4.78 is 16.7. The van der Waals surface area contributed by atoms with Crippen LogP contribution in [0.15, 0.2) is 18.2 Å². The summed E-state index contributed by atoms with van der Waals surface area (Å²) in [5, 5.41) is 2.89. The van der Waals surface area contributed by atoms with Gasteiger partial charge in [-0.3, -0.25) is 4.79 Å². The minimum absolute atomic E-state index is 0.0327. The van der Waals surface area contributed by atoms with Gasteiger partial charge in [-0.1, -0.05) is 6.92 Å². The second-order valence-electron chi connectivity index (χ2n) is 7.04. The third kappa shape index (κ3) is 5.22. The SMILES string of the molecule is CCOC(=O)c1cc(NC(=O)[C@@](C)(OCC)C2CC2)ccc1O[C@H](C)CC. The fraction of sp³-hybridized carbons (Fsp3) is 0.619. The summed E-state index contributed by atoms with van der Waals surface area (Å²) in [6.45, 7) is 10.1. The predicted octanol–water partition coefficient (Wildman–Crippen LogP) is 4.18. The maximum atomic E-state index is 12.8. The van der Waals surface area contributed by atoms with Crippen LogP contribution in [0.25, 0.3) is 0 Å². The van der Waals surface area contributed by atoms with E-state index < -0.39 is 11.6 Å². The van der Waals surface area contributed by atoms with Gasteiger partial charge in [0.15, 0.2) is 0 Å². The van der Waals surface area contributed by atoms with E-state index in [1.807, 2.05) is 27.7 Å². The number of carbonyl (C=O) groups excluding carboxylic acids is 2. The standard InChI is InChI=1S/C21H31NO5/c1-6-14(4)27-18-12-11-16(13-17(18)19(23)25-7-2)22-20(24)21(5,26-8-3)15-9-10-15/h11-15H,6-10H2,1-5H3,(H,22,24)/t14-,21+/m1/s1. The Labute approximate surface area is 161 Å². The lowest BCUT2D eigenvalue weighted by molar-refractivity contribution is -0.141. The Morgan fingerprint density at radius 1 is 1.22 bits per heavy atom. The lowest BCUT2D eigenvalue weighted by Gasteiger charge is -2.28. The Morgan fingerprint density at radius 2 is 1.93 bits per heavy atom. The zero-order valence-corrected chi connectivity index (χ0v) is 17.0. The maximum Gasteiger partial charge on any atom is 0.341 e. The number of carbonyl (C=O) groups is 2. The van der Waals surface area contributed by atoms with Crippen molar-refractivity contribution in [2.45, 2.75) is 65.6 Å². The highest BCUT2D eigenvalue weighted by molar-refractivity contribution is 6.00. The molecular weight excluding hydrogens is 346 g/mol. The minimum Gasteiger partial charge on any atom is -0.490 e. The molecule has 0 radical (unpaired) electrons. The van der Waals surface area contributed by atoms with Crippen molar-refractivity contribution in [3.05, 3.63) is 23.8 Å². The first kappa shape index (κ1) is 21.2. The van der Waals surface area contributed by atoms with E-state index in [0.29, 0.717) is 23.6 Å². The van der Waals surface area contributed by atoms with E-state index >= 15 is 0 Å². The molecule has 1 aromatic rings. The summed E-state index contributed by atoms with van der Waals surface area (Å²) in [5.41, 5.74) is -0.0318. The third-order valence-electron chi connectivity index (χ3n) is 4.89. The molecule has 1 amide bonds. The van der Waals surface area contributed by atoms with Crippen molar-refractivity contribution >= 4 is 17.6 Å². The van der Waals surface area contributed by atoms with E-state index in [-0.39, 0.29) is 24.5 Å². The van der Waals surface area contributed by atoms with Gasteiger partial charge in [-0.25, -0.2) is 4.79 Å². The van der Waals surface area contributed by atoms with Gasteiger partial charge in [0, 0.05) is 12.3 Å². The van der Waals surface area contributed by atoms with Crippen LogP contribution in [0.5, 0.6) is 5.75 Å². The lowest BCUT2D eigenvalue weighted by Crippen LogP contribution is -2.44. The van der Waals surface area contributed by atoms with Gasteiger partial charge in [-0.15, -0.1) is 0 Å². The van der Waals surface area contributed by atoms with E-state index in [1.165, 1.54) is 0 Å². The molecule has 1 aliphatic rings. The number of benzene rings is 1. The molecule has 1 saturated carbocycles. The Hall–Kier alpha value is -2.08. The number of nitrogens with one attached hydrogen (secondary N) is 1. The molecule has 0 bridgehead atoms. The summed E-state index contributed by atoms with van der Waals surface area (Å²) in [6, 6.07) is 5.04. The number of anilines is 1. The molecule has 27 heavy (non-hydrogen) atoms. The van der Waals surface area contributed by atoms with Crippen molar-refractivity contribution < 1.29 is 23.8 Å². The highest BCUT2D eigenvalue weighted by atomic mass is 16.5. The first-order valence-electron chi connectivity index (χ1n) is 9.78. The number of hydrogen-bond donors (Lipinski definition) is 1. The van der Waals surface area contributed by atoms with Gasteiger partial charge in [-0.05, 0) is 71.1 Å². The fourth-order valence-electron chi connectivity index (χ4n) is 2.94. The van der Waals surface area contributed by atoms with Crippen LogP contribution in [0.3, 0.4) is 0 Å². The number of amides is 1. The van der Waals surface area contributed by atoms with Crippen molar-refractivity contribution in [2.75, 3.05) is 18.5 Å². The average molecular weight is 377 g/mol. The summed E-state index contributed by atoms with van der Waals surface area (Å²) in [6.07, 6.45) is 2.75. The smallest absolute Gasteiger partial charge is 0.341 e. The monoisotopic (exact) mass is 377 g/mol. The highest BCUT2D eigenvalue weighted by Crippen LogP contribution is 2.42. The summed E-state index contributed by atoms with van der Waals surface area (Å²) >= 11 is 0. The van der Waals surface area contributed by atoms with E-state index in [1.54, 1.807) is 25.1 Å². The van der Waals surface area contributed by atoms with Crippen LogP contribution in [0.4, 0.5) is 5.69 Å². The van der Waals surface area contributed by atoms with Gasteiger partial charge >= 0.3 is 5.97 Å². The van der Waals surface area contributed by atoms with Crippen LogP contribution < -0.4 is 10.1 Å². The van der Waals surface area contributed by atoms with Gasteiger partial charge in [0.05, 0.1) is 12.7 Å². The first-order valence-corrected chi connectivity index (χ1v) is 9.78. The molecule has 0 unspecified atom stereocenters. The number of ether oxygens (including phenoxy) is 3. The summed E-state index contributed by atoms with van der Waals surface area (Å²) in [5.74, 6) is 0.0180. The Morgan fingerprint density at radius 3 is 2.48 bits per heavy atom. The van der Waals surface area contributed by atoms with Gasteiger partial charge in [0.25, 0.3) is 5.91 Å². The number of esters is 1. The molecule has 0 spiro atoms.